The largest absolute Gasteiger partial charge is 0.373 e. The summed E-state index contributed by atoms with van der Waals surface area (Å²) in [6.07, 6.45) is 2.20. The van der Waals surface area contributed by atoms with Crippen LogP contribution in [0.2, 0.25) is 0 Å². The molecule has 4 rings (SSSR count). The van der Waals surface area contributed by atoms with E-state index in [1.807, 2.05) is 28.5 Å². The summed E-state index contributed by atoms with van der Waals surface area (Å²) in [5.41, 5.74) is 1.79. The Hall–Kier alpha value is -2.06. The minimum atomic E-state index is 0.113. The van der Waals surface area contributed by atoms with Gasteiger partial charge in [0.2, 0.25) is 5.91 Å². The molecule has 2 aliphatic rings. The van der Waals surface area contributed by atoms with Crippen LogP contribution in [0.15, 0.2) is 12.1 Å². The van der Waals surface area contributed by atoms with Gasteiger partial charge in [0.25, 0.3) is 0 Å². The van der Waals surface area contributed by atoms with Crippen LogP contribution in [0.1, 0.15) is 37.2 Å². The van der Waals surface area contributed by atoms with Gasteiger partial charge < -0.3 is 14.5 Å². The van der Waals surface area contributed by atoms with Gasteiger partial charge in [-0.3, -0.25) is 4.79 Å². The standard InChI is InChI=1S/C18H26N6O2/c1-13-3-4-17-19-20-18(24(17)21-13)15-5-7-22(8-6-15)11-16-12-23(14(2)25)9-10-26-16/h3-4,15-16H,5-12H2,1-2H3. The number of amides is 1. The number of ether oxygens (including phenoxy) is 1. The molecule has 2 fully saturated rings. The Kier molecular flexibility index (Phi) is 4.86. The maximum Gasteiger partial charge on any atom is 0.219 e. The van der Waals surface area contributed by atoms with Gasteiger partial charge in [-0.25, -0.2) is 0 Å². The molecule has 0 aromatic carbocycles. The van der Waals surface area contributed by atoms with Crippen molar-refractivity contribution in [2.75, 3.05) is 39.3 Å². The lowest BCUT2D eigenvalue weighted by atomic mass is 9.96. The fourth-order valence-corrected chi connectivity index (χ4v) is 3.93. The monoisotopic (exact) mass is 358 g/mol. The van der Waals surface area contributed by atoms with Crippen LogP contribution in [-0.2, 0) is 9.53 Å². The van der Waals surface area contributed by atoms with Gasteiger partial charge in [0.05, 0.1) is 18.4 Å². The summed E-state index contributed by atoms with van der Waals surface area (Å²) in [4.78, 5) is 15.9. The number of carbonyl (C=O) groups is 1. The number of likely N-dealkylation sites (tertiary alicyclic amines) is 1. The van der Waals surface area contributed by atoms with Crippen LogP contribution >= 0.6 is 0 Å². The van der Waals surface area contributed by atoms with Crippen LogP contribution in [0.4, 0.5) is 0 Å². The first kappa shape index (κ1) is 17.4. The van der Waals surface area contributed by atoms with Gasteiger partial charge in [0.1, 0.15) is 0 Å². The molecule has 8 heteroatoms. The Morgan fingerprint density at radius 1 is 1.23 bits per heavy atom. The van der Waals surface area contributed by atoms with Gasteiger partial charge in [-0.15, -0.1) is 10.2 Å². The molecule has 2 saturated heterocycles. The highest BCUT2D eigenvalue weighted by Crippen LogP contribution is 2.27. The number of hydrogen-bond donors (Lipinski definition) is 0. The normalized spacial score (nSPS) is 22.8. The molecule has 0 aliphatic carbocycles. The minimum absolute atomic E-state index is 0.113. The van der Waals surface area contributed by atoms with E-state index in [2.05, 4.69) is 20.2 Å². The zero-order valence-electron chi connectivity index (χ0n) is 15.5. The van der Waals surface area contributed by atoms with Gasteiger partial charge in [0, 0.05) is 32.5 Å². The summed E-state index contributed by atoms with van der Waals surface area (Å²) in [7, 11) is 0. The maximum absolute atomic E-state index is 11.6. The van der Waals surface area contributed by atoms with Gasteiger partial charge in [-0.05, 0) is 45.0 Å². The molecule has 2 aliphatic heterocycles. The molecule has 26 heavy (non-hydrogen) atoms. The van der Waals surface area contributed by atoms with Gasteiger partial charge in [-0.2, -0.15) is 9.61 Å². The zero-order valence-corrected chi connectivity index (χ0v) is 15.5. The Bertz CT molecular complexity index is 783. The highest BCUT2D eigenvalue weighted by Gasteiger charge is 2.28. The molecule has 0 bridgehead atoms. The summed E-state index contributed by atoms with van der Waals surface area (Å²) < 4.78 is 7.75. The van der Waals surface area contributed by atoms with Gasteiger partial charge in [0.15, 0.2) is 11.5 Å². The molecule has 4 heterocycles. The van der Waals surface area contributed by atoms with Crippen molar-refractivity contribution in [1.29, 1.82) is 0 Å². The number of aryl methyl sites for hydroxylation is 1. The van der Waals surface area contributed by atoms with Crippen molar-refractivity contribution in [3.05, 3.63) is 23.7 Å². The second-order valence-corrected chi connectivity index (χ2v) is 7.34. The average Bonchev–Trinajstić information content (AvgIpc) is 3.05. The molecule has 0 N–H and O–H groups in total. The number of piperidine rings is 1. The number of nitrogens with zero attached hydrogens (tertiary/aromatic N) is 6. The third kappa shape index (κ3) is 3.57. The first-order valence-corrected chi connectivity index (χ1v) is 9.38. The quantitative estimate of drug-likeness (QED) is 0.810. The maximum atomic E-state index is 11.6. The lowest BCUT2D eigenvalue weighted by Gasteiger charge is -2.37. The Balaban J connectivity index is 1.35. The fraction of sp³-hybridized carbons (Fsp3) is 0.667. The molecule has 1 unspecified atom stereocenters. The van der Waals surface area contributed by atoms with E-state index in [0.717, 1.165) is 49.6 Å². The summed E-state index contributed by atoms with van der Waals surface area (Å²) in [6.45, 7) is 8.56. The summed E-state index contributed by atoms with van der Waals surface area (Å²) in [5, 5.41) is 13.2. The van der Waals surface area contributed by atoms with Crippen LogP contribution in [-0.4, -0.2) is 81.0 Å². The first-order valence-electron chi connectivity index (χ1n) is 9.38. The summed E-state index contributed by atoms with van der Waals surface area (Å²) in [5.74, 6) is 1.50. The number of carbonyl (C=O) groups excluding carboxylic acids is 1. The van der Waals surface area contributed by atoms with Crippen LogP contribution in [0, 0.1) is 6.92 Å². The zero-order chi connectivity index (χ0) is 18.1. The fourth-order valence-electron chi connectivity index (χ4n) is 3.93. The molecule has 2 aromatic rings. The number of rotatable bonds is 3. The van der Waals surface area contributed by atoms with E-state index < -0.39 is 0 Å². The lowest BCUT2D eigenvalue weighted by molar-refractivity contribution is -0.137. The molecule has 1 amide bonds. The van der Waals surface area contributed by atoms with Crippen LogP contribution in [0.3, 0.4) is 0 Å². The number of hydrogen-bond acceptors (Lipinski definition) is 6. The topological polar surface area (TPSA) is 75.9 Å². The minimum Gasteiger partial charge on any atom is -0.373 e. The van der Waals surface area contributed by atoms with Gasteiger partial charge >= 0.3 is 0 Å². The summed E-state index contributed by atoms with van der Waals surface area (Å²) >= 11 is 0. The molecule has 140 valence electrons. The third-order valence-electron chi connectivity index (χ3n) is 5.42. The Morgan fingerprint density at radius 3 is 2.81 bits per heavy atom. The van der Waals surface area contributed by atoms with Crippen molar-refractivity contribution in [2.45, 2.75) is 38.7 Å². The smallest absolute Gasteiger partial charge is 0.219 e. The lowest BCUT2D eigenvalue weighted by Crippen LogP contribution is -2.50. The van der Waals surface area contributed by atoms with E-state index in [0.29, 0.717) is 25.6 Å². The molecule has 1 atom stereocenters. The van der Waals surface area contributed by atoms with Crippen molar-refractivity contribution in [1.82, 2.24) is 29.6 Å². The highest BCUT2D eigenvalue weighted by atomic mass is 16.5. The van der Waals surface area contributed by atoms with E-state index in [4.69, 9.17) is 4.74 Å². The predicted molar refractivity (Wildman–Crippen MR) is 95.9 cm³/mol. The van der Waals surface area contributed by atoms with Crippen molar-refractivity contribution in [3.8, 4) is 0 Å². The van der Waals surface area contributed by atoms with Crippen molar-refractivity contribution < 1.29 is 9.53 Å². The van der Waals surface area contributed by atoms with Crippen LogP contribution < -0.4 is 0 Å². The SMILES string of the molecule is CC(=O)N1CCOC(CN2CCC(c3nnc4ccc(C)nn34)CC2)C1. The highest BCUT2D eigenvalue weighted by molar-refractivity contribution is 5.73. The number of fused-ring (bicyclic) bond motifs is 1. The average molecular weight is 358 g/mol. The molecule has 2 aromatic heterocycles. The van der Waals surface area contributed by atoms with Crippen molar-refractivity contribution in [3.63, 3.8) is 0 Å². The molecule has 8 nitrogen and oxygen atoms in total. The Morgan fingerprint density at radius 2 is 2.04 bits per heavy atom. The van der Waals surface area contributed by atoms with Crippen molar-refractivity contribution >= 4 is 11.6 Å². The van der Waals surface area contributed by atoms with Gasteiger partial charge in [-0.1, -0.05) is 0 Å². The van der Waals surface area contributed by atoms with E-state index in [9.17, 15) is 4.79 Å². The second-order valence-electron chi connectivity index (χ2n) is 7.34. The molecule has 0 saturated carbocycles. The van der Waals surface area contributed by atoms with Crippen LogP contribution in [0.5, 0.6) is 0 Å². The molecular formula is C18H26N6O2. The number of aromatic nitrogens is 4. The predicted octanol–water partition coefficient (Wildman–Crippen LogP) is 0.859. The molecule has 0 radical (unpaired) electrons. The van der Waals surface area contributed by atoms with E-state index >= 15 is 0 Å². The van der Waals surface area contributed by atoms with Crippen molar-refractivity contribution in [2.24, 2.45) is 0 Å². The van der Waals surface area contributed by atoms with E-state index in [-0.39, 0.29) is 12.0 Å². The van der Waals surface area contributed by atoms with E-state index in [1.165, 1.54) is 0 Å². The first-order chi connectivity index (χ1) is 12.6. The third-order valence-corrected chi connectivity index (χ3v) is 5.42. The number of morpholine rings is 1. The molecule has 0 spiro atoms. The van der Waals surface area contributed by atoms with E-state index in [1.54, 1.807) is 6.92 Å². The summed E-state index contributed by atoms with van der Waals surface area (Å²) in [6, 6.07) is 3.93. The van der Waals surface area contributed by atoms with Crippen LogP contribution in [0.25, 0.3) is 5.65 Å². The molecular weight excluding hydrogens is 332 g/mol. The second kappa shape index (κ2) is 7.28. The Labute approximate surface area is 153 Å².